The van der Waals surface area contributed by atoms with E-state index < -0.39 is 12.0 Å². The van der Waals surface area contributed by atoms with Crippen LogP contribution in [0.1, 0.15) is 24.8 Å². The third-order valence-electron chi connectivity index (χ3n) is 2.31. The molecule has 0 saturated heterocycles. The number of rotatable bonds is 4. The predicted molar refractivity (Wildman–Crippen MR) is 54.7 cm³/mol. The molecule has 1 rings (SSSR count). The van der Waals surface area contributed by atoms with Gasteiger partial charge in [0.15, 0.2) is 0 Å². The number of aliphatic hydroxyl groups is 1. The number of hydrogen-bond donors (Lipinski definition) is 2. The van der Waals surface area contributed by atoms with Gasteiger partial charge in [-0.25, -0.2) is 0 Å². The molecule has 0 bridgehead atoms. The molecule has 0 aliphatic heterocycles. The maximum Gasteiger partial charge on any atom is 0.220 e. The first kappa shape index (κ1) is 10.7. The summed E-state index contributed by atoms with van der Waals surface area (Å²) in [4.78, 5) is 10.6. The zero-order chi connectivity index (χ0) is 10.6. The lowest BCUT2D eigenvalue weighted by Crippen LogP contribution is -2.24. The molecule has 0 aliphatic rings. The highest BCUT2D eigenvalue weighted by Gasteiger charge is 2.17. The van der Waals surface area contributed by atoms with Gasteiger partial charge in [0.05, 0.1) is 12.5 Å². The monoisotopic (exact) mass is 193 g/mol. The first-order valence-electron chi connectivity index (χ1n) is 4.62. The van der Waals surface area contributed by atoms with Crippen LogP contribution in [-0.4, -0.2) is 17.1 Å². The number of nitrogens with two attached hydrogens (primary N) is 1. The van der Waals surface area contributed by atoms with Gasteiger partial charge in [0.25, 0.3) is 0 Å². The molecule has 1 aromatic carbocycles. The van der Waals surface area contributed by atoms with E-state index in [1.165, 1.54) is 0 Å². The minimum absolute atomic E-state index is 0.00998. The van der Waals surface area contributed by atoms with Gasteiger partial charge in [0, 0.05) is 5.92 Å². The summed E-state index contributed by atoms with van der Waals surface area (Å²) in [7, 11) is 0. The number of primary amides is 1. The van der Waals surface area contributed by atoms with Gasteiger partial charge in [0.1, 0.15) is 0 Å². The van der Waals surface area contributed by atoms with Crippen molar-refractivity contribution >= 4 is 5.91 Å². The SMILES string of the molecule is C[C@@H](c1ccccc1)C(O)CC(N)=O. The Bertz CT molecular complexity index is 297. The molecule has 0 radical (unpaired) electrons. The Morgan fingerprint density at radius 3 is 2.50 bits per heavy atom. The molecule has 0 fully saturated rings. The van der Waals surface area contributed by atoms with E-state index >= 15 is 0 Å². The van der Waals surface area contributed by atoms with Gasteiger partial charge < -0.3 is 10.8 Å². The smallest absolute Gasteiger partial charge is 0.220 e. The molecular formula is C11H15NO2. The molecule has 1 aromatic rings. The van der Waals surface area contributed by atoms with Crippen molar-refractivity contribution in [1.29, 1.82) is 0 Å². The fraction of sp³-hybridized carbons (Fsp3) is 0.364. The highest BCUT2D eigenvalue weighted by Crippen LogP contribution is 2.20. The molecule has 3 N–H and O–H groups in total. The molecule has 1 unspecified atom stereocenters. The molecular weight excluding hydrogens is 178 g/mol. The lowest BCUT2D eigenvalue weighted by Gasteiger charge is -2.17. The van der Waals surface area contributed by atoms with Gasteiger partial charge in [-0.05, 0) is 5.56 Å². The van der Waals surface area contributed by atoms with E-state index in [9.17, 15) is 9.90 Å². The Morgan fingerprint density at radius 1 is 1.43 bits per heavy atom. The van der Waals surface area contributed by atoms with Crippen LogP contribution in [0.4, 0.5) is 0 Å². The Morgan fingerprint density at radius 2 is 2.00 bits per heavy atom. The van der Waals surface area contributed by atoms with E-state index in [2.05, 4.69) is 0 Å². The highest BCUT2D eigenvalue weighted by molar-refractivity contribution is 5.74. The number of hydrogen-bond acceptors (Lipinski definition) is 2. The van der Waals surface area contributed by atoms with Gasteiger partial charge in [0.2, 0.25) is 5.91 Å². The van der Waals surface area contributed by atoms with E-state index in [1.54, 1.807) is 0 Å². The van der Waals surface area contributed by atoms with Gasteiger partial charge in [-0.2, -0.15) is 0 Å². The number of amides is 1. The molecule has 3 nitrogen and oxygen atoms in total. The van der Waals surface area contributed by atoms with Crippen LogP contribution in [0.5, 0.6) is 0 Å². The maximum absolute atomic E-state index is 10.6. The van der Waals surface area contributed by atoms with Crippen LogP contribution in [0, 0.1) is 0 Å². The average molecular weight is 193 g/mol. The Balaban J connectivity index is 2.65. The molecule has 0 aliphatic carbocycles. The second kappa shape index (κ2) is 4.77. The van der Waals surface area contributed by atoms with Crippen LogP contribution in [-0.2, 0) is 4.79 Å². The fourth-order valence-corrected chi connectivity index (χ4v) is 1.36. The number of carbonyl (C=O) groups excluding carboxylic acids is 1. The van der Waals surface area contributed by atoms with Crippen molar-refractivity contribution in [1.82, 2.24) is 0 Å². The molecule has 3 heteroatoms. The number of benzene rings is 1. The molecule has 2 atom stereocenters. The summed E-state index contributed by atoms with van der Waals surface area (Å²) in [6, 6.07) is 9.58. The van der Waals surface area contributed by atoms with Crippen LogP contribution >= 0.6 is 0 Å². The molecule has 76 valence electrons. The summed E-state index contributed by atoms with van der Waals surface area (Å²) in [5.41, 5.74) is 6.03. The Labute approximate surface area is 83.6 Å². The largest absolute Gasteiger partial charge is 0.392 e. The molecule has 14 heavy (non-hydrogen) atoms. The van der Waals surface area contributed by atoms with Gasteiger partial charge in [-0.15, -0.1) is 0 Å². The molecule has 0 saturated carbocycles. The normalized spacial score (nSPS) is 14.7. The summed E-state index contributed by atoms with van der Waals surface area (Å²) < 4.78 is 0. The van der Waals surface area contributed by atoms with Crippen molar-refractivity contribution < 1.29 is 9.90 Å². The summed E-state index contributed by atoms with van der Waals surface area (Å²) in [5, 5.41) is 9.64. The molecule has 0 spiro atoms. The molecule has 0 heterocycles. The molecule has 0 aromatic heterocycles. The van der Waals surface area contributed by atoms with Crippen molar-refractivity contribution in [2.75, 3.05) is 0 Å². The first-order valence-corrected chi connectivity index (χ1v) is 4.62. The van der Waals surface area contributed by atoms with Crippen LogP contribution < -0.4 is 5.73 Å². The Hall–Kier alpha value is -1.35. The zero-order valence-electron chi connectivity index (χ0n) is 8.18. The number of aliphatic hydroxyl groups excluding tert-OH is 1. The first-order chi connectivity index (χ1) is 6.61. The van der Waals surface area contributed by atoms with Crippen molar-refractivity contribution in [2.24, 2.45) is 5.73 Å². The summed E-state index contributed by atoms with van der Waals surface area (Å²) >= 11 is 0. The summed E-state index contributed by atoms with van der Waals surface area (Å²) in [5.74, 6) is -0.538. The summed E-state index contributed by atoms with van der Waals surface area (Å²) in [6.45, 7) is 1.88. The van der Waals surface area contributed by atoms with E-state index in [0.717, 1.165) is 5.56 Å². The Kier molecular flexibility index (Phi) is 3.65. The van der Waals surface area contributed by atoms with Crippen LogP contribution in [0.15, 0.2) is 30.3 Å². The van der Waals surface area contributed by atoms with E-state index in [0.29, 0.717) is 0 Å². The van der Waals surface area contributed by atoms with E-state index in [-0.39, 0.29) is 12.3 Å². The van der Waals surface area contributed by atoms with Crippen molar-refractivity contribution in [3.05, 3.63) is 35.9 Å². The third-order valence-corrected chi connectivity index (χ3v) is 2.31. The fourth-order valence-electron chi connectivity index (χ4n) is 1.36. The van der Waals surface area contributed by atoms with Gasteiger partial charge >= 0.3 is 0 Å². The van der Waals surface area contributed by atoms with Crippen LogP contribution in [0.2, 0.25) is 0 Å². The van der Waals surface area contributed by atoms with Gasteiger partial charge in [-0.1, -0.05) is 37.3 Å². The number of carbonyl (C=O) groups is 1. The summed E-state index contributed by atoms with van der Waals surface area (Å²) in [6.07, 6.45) is -0.689. The second-order valence-corrected chi connectivity index (χ2v) is 3.44. The third kappa shape index (κ3) is 2.85. The van der Waals surface area contributed by atoms with E-state index in [4.69, 9.17) is 5.73 Å². The highest BCUT2D eigenvalue weighted by atomic mass is 16.3. The van der Waals surface area contributed by atoms with Gasteiger partial charge in [-0.3, -0.25) is 4.79 Å². The van der Waals surface area contributed by atoms with Crippen molar-refractivity contribution in [3.8, 4) is 0 Å². The van der Waals surface area contributed by atoms with Crippen molar-refractivity contribution in [3.63, 3.8) is 0 Å². The topological polar surface area (TPSA) is 63.3 Å². The quantitative estimate of drug-likeness (QED) is 0.750. The lowest BCUT2D eigenvalue weighted by molar-refractivity contribution is -0.120. The second-order valence-electron chi connectivity index (χ2n) is 3.44. The minimum atomic E-state index is -0.699. The van der Waals surface area contributed by atoms with Crippen LogP contribution in [0.25, 0.3) is 0 Å². The van der Waals surface area contributed by atoms with Crippen molar-refractivity contribution in [2.45, 2.75) is 25.4 Å². The molecule has 1 amide bonds. The lowest BCUT2D eigenvalue weighted by atomic mass is 9.93. The minimum Gasteiger partial charge on any atom is -0.392 e. The van der Waals surface area contributed by atoms with E-state index in [1.807, 2.05) is 37.3 Å². The average Bonchev–Trinajstić information content (AvgIpc) is 2.17. The van der Waals surface area contributed by atoms with Crippen LogP contribution in [0.3, 0.4) is 0 Å². The maximum atomic E-state index is 10.6. The standard InChI is InChI=1S/C11H15NO2/c1-8(10(13)7-11(12)14)9-5-3-2-4-6-9/h2-6,8,10,13H,7H2,1H3,(H2,12,14)/t8-,10?/m0/s1. The zero-order valence-corrected chi connectivity index (χ0v) is 8.18. The predicted octanol–water partition coefficient (Wildman–Crippen LogP) is 1.03.